The lowest BCUT2D eigenvalue weighted by Crippen LogP contribution is -2.54. The van der Waals surface area contributed by atoms with Gasteiger partial charge in [-0.05, 0) is 51.0 Å². The highest BCUT2D eigenvalue weighted by Gasteiger charge is 2.32. The molecule has 0 bridgehead atoms. The number of benzene rings is 3. The Labute approximate surface area is 228 Å². The van der Waals surface area contributed by atoms with Crippen LogP contribution in [0.25, 0.3) is 0 Å². The van der Waals surface area contributed by atoms with Gasteiger partial charge in [0.1, 0.15) is 11.9 Å². The van der Waals surface area contributed by atoms with E-state index in [1.54, 1.807) is 17.0 Å². The van der Waals surface area contributed by atoms with Crippen molar-refractivity contribution in [1.29, 1.82) is 0 Å². The van der Waals surface area contributed by atoms with E-state index < -0.39 is 17.4 Å². The summed E-state index contributed by atoms with van der Waals surface area (Å²) in [6.45, 7) is 8.05. The van der Waals surface area contributed by atoms with Crippen LogP contribution in [0.4, 0.5) is 4.39 Å². The van der Waals surface area contributed by atoms with Crippen LogP contribution in [0.2, 0.25) is 5.02 Å². The zero-order chi connectivity index (χ0) is 27.0. The van der Waals surface area contributed by atoms with Gasteiger partial charge in [-0.2, -0.15) is 0 Å². The molecule has 3 aromatic carbocycles. The Morgan fingerprint density at radius 2 is 1.68 bits per heavy atom. The normalized spacial score (nSPS) is 12.2. The van der Waals surface area contributed by atoms with Gasteiger partial charge in [-0.15, -0.1) is 11.8 Å². The molecule has 3 aromatic rings. The van der Waals surface area contributed by atoms with Gasteiger partial charge in [0.25, 0.3) is 0 Å². The Kier molecular flexibility index (Phi) is 10.2. The van der Waals surface area contributed by atoms with E-state index >= 15 is 0 Å². The second kappa shape index (κ2) is 13.1. The molecule has 0 fully saturated rings. The topological polar surface area (TPSA) is 49.4 Å². The Morgan fingerprint density at radius 1 is 1.00 bits per heavy atom. The Bertz CT molecular complexity index is 1190. The number of halogens is 2. The summed E-state index contributed by atoms with van der Waals surface area (Å²) in [6.07, 6.45) is 0.379. The number of nitrogens with zero attached hydrogens (tertiary/aromatic N) is 1. The number of nitrogens with one attached hydrogen (secondary N) is 1. The van der Waals surface area contributed by atoms with Gasteiger partial charge >= 0.3 is 0 Å². The van der Waals surface area contributed by atoms with Crippen LogP contribution in [0.3, 0.4) is 0 Å². The highest BCUT2D eigenvalue weighted by Crippen LogP contribution is 2.25. The first-order valence-corrected chi connectivity index (χ1v) is 13.8. The van der Waals surface area contributed by atoms with E-state index in [1.807, 2.05) is 82.3 Å². The summed E-state index contributed by atoms with van der Waals surface area (Å²) in [5.41, 5.74) is 2.90. The lowest BCUT2D eigenvalue weighted by Gasteiger charge is -2.34. The average Bonchev–Trinajstić information content (AvgIpc) is 2.82. The van der Waals surface area contributed by atoms with Crippen molar-refractivity contribution in [3.05, 3.63) is 106 Å². The van der Waals surface area contributed by atoms with Crippen LogP contribution in [0.15, 0.2) is 72.8 Å². The van der Waals surface area contributed by atoms with Crippen LogP contribution in [0.5, 0.6) is 0 Å². The van der Waals surface area contributed by atoms with Gasteiger partial charge in [-0.1, -0.05) is 77.8 Å². The minimum absolute atomic E-state index is 0.0879. The fourth-order valence-corrected chi connectivity index (χ4v) is 5.26. The van der Waals surface area contributed by atoms with Gasteiger partial charge in [-0.25, -0.2) is 4.39 Å². The maximum absolute atomic E-state index is 14.2. The van der Waals surface area contributed by atoms with Gasteiger partial charge in [0, 0.05) is 34.8 Å². The number of thioether (sulfide) groups is 1. The van der Waals surface area contributed by atoms with Crippen molar-refractivity contribution < 1.29 is 14.0 Å². The summed E-state index contributed by atoms with van der Waals surface area (Å²) in [5, 5.41) is 3.40. The molecule has 7 heteroatoms. The van der Waals surface area contributed by atoms with Crippen molar-refractivity contribution in [3.63, 3.8) is 0 Å². The molecule has 0 aromatic heterocycles. The molecule has 0 unspecified atom stereocenters. The first-order chi connectivity index (χ1) is 17.5. The van der Waals surface area contributed by atoms with E-state index in [0.29, 0.717) is 17.0 Å². The molecule has 0 heterocycles. The Morgan fingerprint density at radius 3 is 2.32 bits per heavy atom. The van der Waals surface area contributed by atoms with Crippen molar-refractivity contribution in [1.82, 2.24) is 10.2 Å². The Hall–Kier alpha value is -2.83. The van der Waals surface area contributed by atoms with Crippen LogP contribution in [-0.2, 0) is 28.3 Å². The molecule has 0 spiro atoms. The highest BCUT2D eigenvalue weighted by atomic mass is 35.5. The molecule has 0 saturated heterocycles. The molecule has 0 aliphatic heterocycles. The third-order valence-electron chi connectivity index (χ3n) is 5.74. The monoisotopic (exact) mass is 540 g/mol. The van der Waals surface area contributed by atoms with Crippen LogP contribution in [0, 0.1) is 12.7 Å². The molecule has 2 amide bonds. The first-order valence-electron chi connectivity index (χ1n) is 12.2. The predicted octanol–water partition coefficient (Wildman–Crippen LogP) is 6.58. The average molecular weight is 541 g/mol. The van der Waals surface area contributed by atoms with Gasteiger partial charge in [-0.3, -0.25) is 9.59 Å². The maximum Gasteiger partial charge on any atom is 0.243 e. The lowest BCUT2D eigenvalue weighted by molar-refractivity contribution is -0.140. The molecule has 1 N–H and O–H groups in total. The minimum atomic E-state index is -0.715. The summed E-state index contributed by atoms with van der Waals surface area (Å²) in [6, 6.07) is 21.5. The third kappa shape index (κ3) is 8.90. The predicted molar refractivity (Wildman–Crippen MR) is 151 cm³/mol. The fraction of sp³-hybridized carbons (Fsp3) is 0.333. The smallest absolute Gasteiger partial charge is 0.243 e. The molecule has 0 saturated carbocycles. The SMILES string of the molecule is Cc1cccc(CN(C(=O)CSCc2c(F)cccc2Cl)[C@H](Cc2ccccc2)C(=O)NC(C)(C)C)c1. The zero-order valence-corrected chi connectivity index (χ0v) is 23.3. The summed E-state index contributed by atoms with van der Waals surface area (Å²) < 4.78 is 14.2. The molecule has 1 atom stereocenters. The van der Waals surface area contributed by atoms with Crippen molar-refractivity contribution in [2.75, 3.05) is 5.75 Å². The van der Waals surface area contributed by atoms with Gasteiger partial charge < -0.3 is 10.2 Å². The van der Waals surface area contributed by atoms with E-state index in [-0.39, 0.29) is 29.9 Å². The number of rotatable bonds is 10. The van der Waals surface area contributed by atoms with Crippen molar-refractivity contribution in [2.24, 2.45) is 0 Å². The van der Waals surface area contributed by atoms with Crippen molar-refractivity contribution in [3.8, 4) is 0 Å². The number of hydrogen-bond donors (Lipinski definition) is 1. The molecule has 0 aliphatic rings. The number of amides is 2. The molecular formula is C30H34ClFN2O2S. The largest absolute Gasteiger partial charge is 0.350 e. The quantitative estimate of drug-likeness (QED) is 0.316. The highest BCUT2D eigenvalue weighted by molar-refractivity contribution is 7.99. The molecule has 3 rings (SSSR count). The molecule has 0 radical (unpaired) electrons. The van der Waals surface area contributed by atoms with Crippen LogP contribution >= 0.6 is 23.4 Å². The number of aryl methyl sites for hydroxylation is 1. The maximum atomic E-state index is 14.2. The van der Waals surface area contributed by atoms with Crippen molar-refractivity contribution in [2.45, 2.75) is 58.0 Å². The van der Waals surface area contributed by atoms with Gasteiger partial charge in [0.2, 0.25) is 11.8 Å². The molecule has 0 aliphatic carbocycles. The van der Waals surface area contributed by atoms with E-state index in [1.165, 1.54) is 17.8 Å². The summed E-state index contributed by atoms with van der Waals surface area (Å²) >= 11 is 7.46. The lowest BCUT2D eigenvalue weighted by atomic mass is 10.0. The zero-order valence-electron chi connectivity index (χ0n) is 21.8. The summed E-state index contributed by atoms with van der Waals surface area (Å²) in [7, 11) is 0. The van der Waals surface area contributed by atoms with E-state index in [2.05, 4.69) is 5.32 Å². The standard InChI is InChI=1S/C30H34ClFN2O2S/c1-21-10-8-13-23(16-21)18-34(28(35)20-37-19-24-25(31)14-9-15-26(24)32)27(29(36)33-30(2,3)4)17-22-11-6-5-7-12-22/h5-16,27H,17-20H2,1-4H3,(H,33,36)/t27-/m1/s1. The summed E-state index contributed by atoms with van der Waals surface area (Å²) in [4.78, 5) is 28.9. The summed E-state index contributed by atoms with van der Waals surface area (Å²) in [5.74, 6) is -0.448. The van der Waals surface area contributed by atoms with Gasteiger partial charge in [0.05, 0.1) is 5.75 Å². The molecule has 196 valence electrons. The van der Waals surface area contributed by atoms with Crippen LogP contribution in [0.1, 0.15) is 43.0 Å². The molecule has 37 heavy (non-hydrogen) atoms. The van der Waals surface area contributed by atoms with E-state index in [4.69, 9.17) is 11.6 Å². The van der Waals surface area contributed by atoms with E-state index in [9.17, 15) is 14.0 Å². The third-order valence-corrected chi connectivity index (χ3v) is 7.04. The van der Waals surface area contributed by atoms with E-state index in [0.717, 1.165) is 16.7 Å². The number of hydrogen-bond acceptors (Lipinski definition) is 3. The molecule has 4 nitrogen and oxygen atoms in total. The fourth-order valence-electron chi connectivity index (χ4n) is 4.01. The number of carbonyl (C=O) groups excluding carboxylic acids is 2. The molecular weight excluding hydrogens is 507 g/mol. The van der Waals surface area contributed by atoms with Gasteiger partial charge in [0.15, 0.2) is 0 Å². The second-order valence-corrected chi connectivity index (χ2v) is 11.5. The Balaban J connectivity index is 1.89. The van der Waals surface area contributed by atoms with Crippen LogP contribution in [-0.4, -0.2) is 34.0 Å². The number of carbonyl (C=O) groups is 2. The first kappa shape index (κ1) is 28.7. The van der Waals surface area contributed by atoms with Crippen molar-refractivity contribution >= 4 is 35.2 Å². The minimum Gasteiger partial charge on any atom is -0.350 e. The second-order valence-electron chi connectivity index (χ2n) is 10.1. The van der Waals surface area contributed by atoms with Crippen LogP contribution < -0.4 is 5.32 Å².